The van der Waals surface area contributed by atoms with Crippen LogP contribution in [0.4, 0.5) is 8.78 Å². The van der Waals surface area contributed by atoms with Crippen molar-refractivity contribution >= 4 is 44.6 Å². The van der Waals surface area contributed by atoms with Crippen LogP contribution in [0.5, 0.6) is 0 Å². The van der Waals surface area contributed by atoms with Crippen LogP contribution >= 0.6 is 22.6 Å². The molecule has 0 unspecified atom stereocenters. The van der Waals surface area contributed by atoms with Gasteiger partial charge in [-0.15, -0.1) is 0 Å². The van der Waals surface area contributed by atoms with E-state index in [-0.39, 0.29) is 0 Å². The summed E-state index contributed by atoms with van der Waals surface area (Å²) in [5, 5.41) is -5.06. The Labute approximate surface area is 121 Å². The minimum atomic E-state index is -5.90. The van der Waals surface area contributed by atoms with Gasteiger partial charge in [0.1, 0.15) is 16.6 Å². The van der Waals surface area contributed by atoms with Crippen LogP contribution < -0.4 is 0 Å². The molecule has 0 aliphatic rings. The maximum Gasteiger partial charge on any atom is 0.465 e. The zero-order chi connectivity index (χ0) is 15.5. The molecule has 7 nitrogen and oxygen atoms in total. The van der Waals surface area contributed by atoms with Gasteiger partial charge in [0.2, 0.25) is 0 Å². The molecular formula is C8H11F2IO7S. The number of esters is 2. The number of halogens is 3. The molecule has 0 amide bonds. The topological polar surface area (TPSA) is 107 Å². The van der Waals surface area contributed by atoms with E-state index in [2.05, 4.69) is 9.47 Å². The maximum atomic E-state index is 12.7. The molecule has 0 aliphatic heterocycles. The minimum Gasteiger partial charge on any atom is -0.461 e. The average Bonchev–Trinajstić information content (AvgIpc) is 2.20. The van der Waals surface area contributed by atoms with Crippen LogP contribution in [-0.4, -0.2) is 46.8 Å². The van der Waals surface area contributed by atoms with Crippen LogP contribution in [0, 0.1) is 0 Å². The standard InChI is InChI=1S/C8H11F2IO7S/c1-7(2,11)5(12)17-3-4-18-6(13)8(9,10)19(14,15)16/h3-4H2,1-2H3,(H,14,15,16). The molecule has 0 rings (SSSR count). The van der Waals surface area contributed by atoms with Gasteiger partial charge in [-0.3, -0.25) is 9.35 Å². The highest BCUT2D eigenvalue weighted by atomic mass is 127. The Kier molecular flexibility index (Phi) is 6.08. The molecule has 0 heterocycles. The summed E-state index contributed by atoms with van der Waals surface area (Å²) in [4.78, 5) is 21.9. The van der Waals surface area contributed by atoms with Crippen molar-refractivity contribution in [1.29, 1.82) is 0 Å². The second kappa shape index (κ2) is 6.26. The Morgan fingerprint density at radius 2 is 1.53 bits per heavy atom. The van der Waals surface area contributed by atoms with Crippen LogP contribution in [-0.2, 0) is 29.2 Å². The van der Waals surface area contributed by atoms with E-state index in [1.165, 1.54) is 13.8 Å². The molecule has 19 heavy (non-hydrogen) atoms. The fourth-order valence-corrected chi connectivity index (χ4v) is 1.05. The summed E-state index contributed by atoms with van der Waals surface area (Å²) in [6.07, 6.45) is 0. The summed E-state index contributed by atoms with van der Waals surface area (Å²) < 4.78 is 61.4. The summed E-state index contributed by atoms with van der Waals surface area (Å²) >= 11 is 1.78. The number of hydrogen-bond donors (Lipinski definition) is 1. The zero-order valence-corrected chi connectivity index (χ0v) is 12.8. The molecule has 0 radical (unpaired) electrons. The van der Waals surface area contributed by atoms with Crippen molar-refractivity contribution in [2.24, 2.45) is 0 Å². The molecule has 11 heteroatoms. The molecule has 0 atom stereocenters. The molecule has 0 aromatic heterocycles. The van der Waals surface area contributed by atoms with E-state index in [0.29, 0.717) is 0 Å². The van der Waals surface area contributed by atoms with Crippen LogP contribution in [0.15, 0.2) is 0 Å². The molecule has 0 spiro atoms. The lowest BCUT2D eigenvalue weighted by Gasteiger charge is -2.15. The monoisotopic (exact) mass is 416 g/mol. The van der Waals surface area contributed by atoms with Gasteiger partial charge in [0.25, 0.3) is 0 Å². The highest BCUT2D eigenvalue weighted by Gasteiger charge is 2.54. The molecule has 0 fully saturated rings. The van der Waals surface area contributed by atoms with Crippen LogP contribution in [0.25, 0.3) is 0 Å². The van der Waals surface area contributed by atoms with E-state index < -0.39 is 43.9 Å². The lowest BCUT2D eigenvalue weighted by Crippen LogP contribution is -2.39. The van der Waals surface area contributed by atoms with Crippen LogP contribution in [0.2, 0.25) is 0 Å². The zero-order valence-electron chi connectivity index (χ0n) is 9.85. The predicted octanol–water partition coefficient (Wildman–Crippen LogP) is 0.767. The first-order chi connectivity index (χ1) is 8.30. The number of ether oxygens (including phenoxy) is 2. The Bertz CT molecular complexity index is 454. The van der Waals surface area contributed by atoms with Gasteiger partial charge in [-0.05, 0) is 13.8 Å². The predicted molar refractivity (Wildman–Crippen MR) is 66.5 cm³/mol. The summed E-state index contributed by atoms with van der Waals surface area (Å²) in [5.74, 6) is -3.11. The van der Waals surface area contributed by atoms with Crippen molar-refractivity contribution in [3.63, 3.8) is 0 Å². The first-order valence-electron chi connectivity index (χ1n) is 4.68. The van der Waals surface area contributed by atoms with E-state index in [0.717, 1.165) is 0 Å². The molecule has 112 valence electrons. The number of alkyl halides is 3. The summed E-state index contributed by atoms with van der Waals surface area (Å²) in [6, 6.07) is 0. The number of carbonyl (C=O) groups excluding carboxylic acids is 2. The highest BCUT2D eigenvalue weighted by Crippen LogP contribution is 2.22. The van der Waals surface area contributed by atoms with Gasteiger partial charge in [-0.2, -0.15) is 17.2 Å². The maximum absolute atomic E-state index is 12.7. The molecule has 0 aliphatic carbocycles. The third-order valence-corrected chi connectivity index (χ3v) is 2.85. The van der Waals surface area contributed by atoms with Gasteiger partial charge < -0.3 is 9.47 Å². The van der Waals surface area contributed by atoms with E-state index in [9.17, 15) is 26.8 Å². The van der Waals surface area contributed by atoms with Crippen LogP contribution in [0.3, 0.4) is 0 Å². The van der Waals surface area contributed by atoms with Crippen molar-refractivity contribution in [3.8, 4) is 0 Å². The van der Waals surface area contributed by atoms with E-state index in [4.69, 9.17) is 4.55 Å². The second-order valence-corrected chi connectivity index (χ2v) is 7.90. The highest BCUT2D eigenvalue weighted by molar-refractivity contribution is 14.1. The molecule has 0 aromatic rings. The molecular weight excluding hydrogens is 405 g/mol. The molecule has 0 saturated heterocycles. The third-order valence-electron chi connectivity index (χ3n) is 1.60. The number of carbonyl (C=O) groups is 2. The molecule has 0 saturated carbocycles. The Hall–Kier alpha value is -0.560. The van der Waals surface area contributed by atoms with Gasteiger partial charge in [0, 0.05) is 0 Å². The van der Waals surface area contributed by atoms with E-state index >= 15 is 0 Å². The lowest BCUT2D eigenvalue weighted by atomic mass is 10.2. The number of hydrogen-bond acceptors (Lipinski definition) is 6. The largest absolute Gasteiger partial charge is 0.465 e. The smallest absolute Gasteiger partial charge is 0.461 e. The summed E-state index contributed by atoms with van der Waals surface area (Å²) in [6.45, 7) is 1.80. The fraction of sp³-hybridized carbons (Fsp3) is 0.750. The molecule has 1 N–H and O–H groups in total. The fourth-order valence-electron chi connectivity index (χ4n) is 0.630. The summed E-state index contributed by atoms with van der Waals surface area (Å²) in [7, 11) is -5.90. The first kappa shape index (κ1) is 18.4. The van der Waals surface area contributed by atoms with Gasteiger partial charge in [0.15, 0.2) is 0 Å². The minimum absolute atomic E-state index is 0.515. The van der Waals surface area contributed by atoms with Gasteiger partial charge in [-0.1, -0.05) is 22.6 Å². The normalized spacial score (nSPS) is 12.9. The second-order valence-electron chi connectivity index (χ2n) is 3.74. The first-order valence-corrected chi connectivity index (χ1v) is 7.20. The van der Waals surface area contributed by atoms with Gasteiger partial charge in [0.05, 0.1) is 0 Å². The van der Waals surface area contributed by atoms with E-state index in [1.807, 2.05) is 0 Å². The van der Waals surface area contributed by atoms with Crippen molar-refractivity contribution in [3.05, 3.63) is 0 Å². The average molecular weight is 416 g/mol. The molecule has 0 bridgehead atoms. The number of rotatable bonds is 6. The SMILES string of the molecule is CC(C)(I)C(=O)OCCOC(=O)C(F)(F)S(=O)(=O)O. The van der Waals surface area contributed by atoms with E-state index in [1.54, 1.807) is 22.6 Å². The van der Waals surface area contributed by atoms with Crippen molar-refractivity contribution in [2.45, 2.75) is 22.5 Å². The Balaban J connectivity index is 4.25. The third kappa shape index (κ3) is 5.52. The van der Waals surface area contributed by atoms with Gasteiger partial charge in [-0.25, -0.2) is 4.79 Å². The lowest BCUT2D eigenvalue weighted by molar-refractivity contribution is -0.165. The Morgan fingerprint density at radius 3 is 1.84 bits per heavy atom. The molecule has 0 aromatic carbocycles. The van der Waals surface area contributed by atoms with Crippen molar-refractivity contribution in [2.75, 3.05) is 13.2 Å². The Morgan fingerprint density at radius 1 is 1.16 bits per heavy atom. The van der Waals surface area contributed by atoms with Crippen LogP contribution in [0.1, 0.15) is 13.8 Å². The summed E-state index contributed by atoms with van der Waals surface area (Å²) in [5.41, 5.74) is 0. The van der Waals surface area contributed by atoms with Crippen molar-refractivity contribution in [1.82, 2.24) is 0 Å². The van der Waals surface area contributed by atoms with Gasteiger partial charge >= 0.3 is 27.3 Å². The van der Waals surface area contributed by atoms with Crippen molar-refractivity contribution < 1.29 is 40.8 Å². The quantitative estimate of drug-likeness (QED) is 0.224.